The van der Waals surface area contributed by atoms with Crippen LogP contribution in [0.3, 0.4) is 0 Å². The number of nitrogens with one attached hydrogen (secondary N) is 1. The summed E-state index contributed by atoms with van der Waals surface area (Å²) in [6.07, 6.45) is 0. The van der Waals surface area contributed by atoms with Crippen LogP contribution in [0.1, 0.15) is 5.56 Å². The summed E-state index contributed by atoms with van der Waals surface area (Å²) in [4.78, 5) is 9.96. The van der Waals surface area contributed by atoms with E-state index >= 15 is 0 Å². The van der Waals surface area contributed by atoms with E-state index in [1.807, 2.05) is 4.72 Å². The van der Waals surface area contributed by atoms with Crippen molar-refractivity contribution in [2.45, 2.75) is 11.8 Å². The van der Waals surface area contributed by atoms with Crippen LogP contribution in [-0.2, 0) is 10.0 Å². The highest BCUT2D eigenvalue weighted by molar-refractivity contribution is 7.92. The molecular formula is C13H10ClFN2O4S. The molecule has 0 amide bonds. The van der Waals surface area contributed by atoms with E-state index in [-0.39, 0.29) is 21.2 Å². The van der Waals surface area contributed by atoms with E-state index in [9.17, 15) is 22.9 Å². The fourth-order valence-corrected chi connectivity index (χ4v) is 3.13. The van der Waals surface area contributed by atoms with Gasteiger partial charge in [0.2, 0.25) is 0 Å². The average molecular weight is 345 g/mol. The van der Waals surface area contributed by atoms with Crippen molar-refractivity contribution in [3.8, 4) is 0 Å². The van der Waals surface area contributed by atoms with Crippen LogP contribution in [0.25, 0.3) is 0 Å². The fourth-order valence-electron chi connectivity index (χ4n) is 1.77. The Bertz CT molecular complexity index is 855. The maximum atomic E-state index is 13.8. The predicted molar refractivity (Wildman–Crippen MR) is 80.1 cm³/mol. The van der Waals surface area contributed by atoms with Crippen molar-refractivity contribution in [3.63, 3.8) is 0 Å². The quantitative estimate of drug-likeness (QED) is 0.679. The number of anilines is 1. The van der Waals surface area contributed by atoms with Gasteiger partial charge in [-0.1, -0.05) is 17.7 Å². The van der Waals surface area contributed by atoms with Crippen LogP contribution < -0.4 is 4.72 Å². The van der Waals surface area contributed by atoms with E-state index in [1.165, 1.54) is 31.2 Å². The summed E-state index contributed by atoms with van der Waals surface area (Å²) < 4.78 is 40.2. The minimum absolute atomic E-state index is 0.0909. The molecule has 0 aromatic heterocycles. The summed E-state index contributed by atoms with van der Waals surface area (Å²) in [6.45, 7) is 1.36. The van der Waals surface area contributed by atoms with Gasteiger partial charge >= 0.3 is 0 Å². The maximum Gasteiger partial charge on any atom is 0.274 e. The van der Waals surface area contributed by atoms with Crippen molar-refractivity contribution in [1.29, 1.82) is 0 Å². The summed E-state index contributed by atoms with van der Waals surface area (Å²) in [5.74, 6) is -0.909. The second kappa shape index (κ2) is 5.90. The van der Waals surface area contributed by atoms with Gasteiger partial charge in [0.15, 0.2) is 0 Å². The number of aryl methyl sites for hydroxylation is 1. The number of nitrogens with zero attached hydrogens (tertiary/aromatic N) is 1. The smallest absolute Gasteiger partial charge is 0.274 e. The van der Waals surface area contributed by atoms with Crippen molar-refractivity contribution < 1.29 is 17.7 Å². The summed E-state index contributed by atoms with van der Waals surface area (Å²) >= 11 is 5.72. The van der Waals surface area contributed by atoms with Gasteiger partial charge in [-0.2, -0.15) is 0 Å². The Hall–Kier alpha value is -2.19. The molecule has 0 radical (unpaired) electrons. The Balaban J connectivity index is 2.46. The fraction of sp³-hybridized carbons (Fsp3) is 0.0769. The molecule has 0 atom stereocenters. The minimum atomic E-state index is -4.11. The van der Waals surface area contributed by atoms with Crippen LogP contribution in [0.2, 0.25) is 5.02 Å². The molecule has 2 rings (SSSR count). The number of rotatable bonds is 4. The highest BCUT2D eigenvalue weighted by Gasteiger charge is 2.21. The molecule has 2 aromatic rings. The van der Waals surface area contributed by atoms with Crippen molar-refractivity contribution in [3.05, 3.63) is 62.9 Å². The Kier molecular flexibility index (Phi) is 4.34. The van der Waals surface area contributed by atoms with E-state index in [2.05, 4.69) is 0 Å². The van der Waals surface area contributed by atoms with Gasteiger partial charge in [-0.25, -0.2) is 12.8 Å². The first-order chi connectivity index (χ1) is 10.2. The zero-order valence-electron chi connectivity index (χ0n) is 11.2. The molecule has 0 aliphatic carbocycles. The summed E-state index contributed by atoms with van der Waals surface area (Å²) in [6, 6.07) is 7.10. The molecule has 0 spiro atoms. The molecule has 0 heterocycles. The molecule has 0 fully saturated rings. The molecule has 0 saturated carbocycles. The molecule has 1 N–H and O–H groups in total. The third kappa shape index (κ3) is 3.34. The van der Waals surface area contributed by atoms with Gasteiger partial charge in [0, 0.05) is 16.7 Å². The summed E-state index contributed by atoms with van der Waals surface area (Å²) in [5, 5.41) is 11.0. The molecule has 0 unspecified atom stereocenters. The number of halogens is 2. The highest BCUT2D eigenvalue weighted by Crippen LogP contribution is 2.28. The first kappa shape index (κ1) is 16.2. The van der Waals surface area contributed by atoms with Crippen LogP contribution in [0.4, 0.5) is 15.8 Å². The lowest BCUT2D eigenvalue weighted by molar-refractivity contribution is -0.385. The van der Waals surface area contributed by atoms with Gasteiger partial charge in [-0.3, -0.25) is 14.8 Å². The van der Waals surface area contributed by atoms with Crippen LogP contribution in [0, 0.1) is 22.9 Å². The van der Waals surface area contributed by atoms with Gasteiger partial charge in [0.05, 0.1) is 15.5 Å². The molecule has 0 aliphatic rings. The van der Waals surface area contributed by atoms with Crippen LogP contribution in [0.5, 0.6) is 0 Å². The lowest BCUT2D eigenvalue weighted by atomic mass is 10.2. The molecule has 0 saturated heterocycles. The Morgan fingerprint density at radius 3 is 2.55 bits per heavy atom. The molecule has 116 valence electrons. The van der Waals surface area contributed by atoms with E-state index in [0.29, 0.717) is 0 Å². The molecule has 22 heavy (non-hydrogen) atoms. The molecule has 2 aromatic carbocycles. The summed E-state index contributed by atoms with van der Waals surface area (Å²) in [5.41, 5.74) is -0.796. The van der Waals surface area contributed by atoms with Crippen molar-refractivity contribution in [1.82, 2.24) is 0 Å². The number of nitro benzene ring substituents is 1. The molecule has 9 heteroatoms. The van der Waals surface area contributed by atoms with Crippen molar-refractivity contribution in [2.75, 3.05) is 4.72 Å². The zero-order chi connectivity index (χ0) is 16.5. The zero-order valence-corrected chi connectivity index (χ0v) is 12.8. The summed E-state index contributed by atoms with van der Waals surface area (Å²) in [7, 11) is -4.11. The first-order valence-corrected chi connectivity index (χ1v) is 7.80. The van der Waals surface area contributed by atoms with Crippen LogP contribution >= 0.6 is 11.6 Å². The number of hydrogen-bond donors (Lipinski definition) is 1. The third-order valence-corrected chi connectivity index (χ3v) is 4.43. The minimum Gasteiger partial charge on any atom is -0.276 e. The Morgan fingerprint density at radius 1 is 1.27 bits per heavy atom. The van der Waals surface area contributed by atoms with Gasteiger partial charge in [0.1, 0.15) is 5.82 Å². The van der Waals surface area contributed by atoms with Crippen LogP contribution in [-0.4, -0.2) is 13.3 Å². The molecule has 0 aliphatic heterocycles. The van der Waals surface area contributed by atoms with E-state index in [4.69, 9.17) is 11.6 Å². The van der Waals surface area contributed by atoms with E-state index < -0.39 is 26.5 Å². The van der Waals surface area contributed by atoms with E-state index in [0.717, 1.165) is 12.1 Å². The average Bonchev–Trinajstić information content (AvgIpc) is 2.41. The monoisotopic (exact) mass is 344 g/mol. The Morgan fingerprint density at radius 2 is 1.95 bits per heavy atom. The second-order valence-corrected chi connectivity index (χ2v) is 6.56. The number of hydrogen-bond acceptors (Lipinski definition) is 4. The third-order valence-electron chi connectivity index (χ3n) is 2.83. The van der Waals surface area contributed by atoms with Gasteiger partial charge < -0.3 is 0 Å². The first-order valence-electron chi connectivity index (χ1n) is 5.93. The van der Waals surface area contributed by atoms with Gasteiger partial charge in [0.25, 0.3) is 15.7 Å². The number of sulfonamides is 1. The number of benzene rings is 2. The SMILES string of the molecule is Cc1cc(F)c(NS(=O)(=O)c2cccc(Cl)c2)cc1[N+](=O)[O-]. The van der Waals surface area contributed by atoms with Crippen molar-refractivity contribution >= 4 is 33.0 Å². The number of nitro groups is 1. The predicted octanol–water partition coefficient (Wildman–Crippen LogP) is 3.50. The Labute approximate surface area is 130 Å². The largest absolute Gasteiger partial charge is 0.276 e. The topological polar surface area (TPSA) is 89.3 Å². The molecule has 0 bridgehead atoms. The highest BCUT2D eigenvalue weighted by atomic mass is 35.5. The lowest BCUT2D eigenvalue weighted by Gasteiger charge is -2.10. The second-order valence-electron chi connectivity index (χ2n) is 4.44. The molecular weight excluding hydrogens is 335 g/mol. The lowest BCUT2D eigenvalue weighted by Crippen LogP contribution is -2.14. The maximum absolute atomic E-state index is 13.8. The van der Waals surface area contributed by atoms with Gasteiger partial charge in [-0.05, 0) is 31.2 Å². The van der Waals surface area contributed by atoms with E-state index in [1.54, 1.807) is 0 Å². The van der Waals surface area contributed by atoms with Gasteiger partial charge in [-0.15, -0.1) is 0 Å². The normalized spacial score (nSPS) is 11.2. The standard InChI is InChI=1S/C13H10ClFN2O4S/c1-8-5-11(15)12(7-13(8)17(18)19)16-22(20,21)10-4-2-3-9(14)6-10/h2-7,16H,1H3. The van der Waals surface area contributed by atoms with Crippen LogP contribution in [0.15, 0.2) is 41.3 Å². The van der Waals surface area contributed by atoms with Crippen molar-refractivity contribution in [2.24, 2.45) is 0 Å². The molecule has 6 nitrogen and oxygen atoms in total.